The molecule has 0 aliphatic heterocycles. The lowest BCUT2D eigenvalue weighted by atomic mass is 9.83. The highest BCUT2D eigenvalue weighted by Gasteiger charge is 2.40. The topological polar surface area (TPSA) is 40.5 Å². The maximum Gasteiger partial charge on any atom is 0.395 e. The molecule has 0 bridgehead atoms. The Bertz CT molecular complexity index is 632. The van der Waals surface area contributed by atoms with Crippen molar-refractivity contribution in [3.05, 3.63) is 35.4 Å². The predicted octanol–water partition coefficient (Wildman–Crippen LogP) is 4.90. The molecule has 2 aliphatic carbocycles. The summed E-state index contributed by atoms with van der Waals surface area (Å²) >= 11 is 0. The maximum atomic E-state index is 13.1. The Labute approximate surface area is 158 Å². The van der Waals surface area contributed by atoms with E-state index in [2.05, 4.69) is 0 Å². The third kappa shape index (κ3) is 4.84. The summed E-state index contributed by atoms with van der Waals surface area (Å²) in [5, 5.41) is 9.11. The Kier molecular flexibility index (Phi) is 6.14. The van der Waals surface area contributed by atoms with Crippen LogP contribution in [0.25, 0.3) is 0 Å². The average molecular weight is 383 g/mol. The highest BCUT2D eigenvalue weighted by molar-refractivity contribution is 5.95. The van der Waals surface area contributed by atoms with Crippen LogP contribution in [-0.4, -0.2) is 40.8 Å². The molecule has 3 rings (SSSR count). The Hall–Kier alpha value is -1.56. The standard InChI is InChI=1S/C21H28F3NO2/c1-14(21(22,23)24)16-4-6-17(7-5-16)20(27)25(19-10-11-19)18-8-2-15(3-9-18)12-13-26/h4-7,14-15,18-19,26H,2-3,8-13H2,1H3. The quantitative estimate of drug-likeness (QED) is 0.759. The lowest BCUT2D eigenvalue weighted by Gasteiger charge is -2.37. The first kappa shape index (κ1) is 20.2. The number of carbonyl (C=O) groups excluding carboxylic acids is 1. The molecule has 0 aromatic heterocycles. The summed E-state index contributed by atoms with van der Waals surface area (Å²) in [5.41, 5.74) is 0.652. The van der Waals surface area contributed by atoms with Crippen molar-refractivity contribution in [2.75, 3.05) is 6.61 Å². The number of hydrogen-bond acceptors (Lipinski definition) is 2. The van der Waals surface area contributed by atoms with E-state index in [1.54, 1.807) is 0 Å². The summed E-state index contributed by atoms with van der Waals surface area (Å²) in [5.74, 6) is -1.07. The zero-order valence-electron chi connectivity index (χ0n) is 15.7. The number of benzene rings is 1. The van der Waals surface area contributed by atoms with Crippen LogP contribution >= 0.6 is 0 Å². The van der Waals surface area contributed by atoms with Crippen LogP contribution in [0.1, 0.15) is 73.7 Å². The SMILES string of the molecule is CC(c1ccc(C(=O)N(C2CCC(CCO)CC2)C2CC2)cc1)C(F)(F)F. The lowest BCUT2D eigenvalue weighted by Crippen LogP contribution is -2.44. The fraction of sp³-hybridized carbons (Fsp3) is 0.667. The van der Waals surface area contributed by atoms with Gasteiger partial charge in [-0.2, -0.15) is 13.2 Å². The second-order valence-corrected chi connectivity index (χ2v) is 8.02. The molecule has 1 atom stereocenters. The van der Waals surface area contributed by atoms with Gasteiger partial charge in [-0.3, -0.25) is 4.79 Å². The van der Waals surface area contributed by atoms with E-state index >= 15 is 0 Å². The Balaban J connectivity index is 1.69. The van der Waals surface area contributed by atoms with Crippen molar-refractivity contribution >= 4 is 5.91 Å². The molecule has 2 fully saturated rings. The molecular weight excluding hydrogens is 355 g/mol. The fourth-order valence-corrected chi connectivity index (χ4v) is 4.13. The van der Waals surface area contributed by atoms with Gasteiger partial charge >= 0.3 is 6.18 Å². The number of aliphatic hydroxyl groups excluding tert-OH is 1. The zero-order valence-corrected chi connectivity index (χ0v) is 15.7. The number of hydrogen-bond donors (Lipinski definition) is 1. The van der Waals surface area contributed by atoms with Crippen LogP contribution in [0.5, 0.6) is 0 Å². The van der Waals surface area contributed by atoms with E-state index in [1.165, 1.54) is 24.3 Å². The minimum Gasteiger partial charge on any atom is -0.396 e. The van der Waals surface area contributed by atoms with Crippen LogP contribution in [0.15, 0.2) is 24.3 Å². The van der Waals surface area contributed by atoms with Gasteiger partial charge in [0.05, 0.1) is 5.92 Å². The maximum absolute atomic E-state index is 13.1. The van der Waals surface area contributed by atoms with Gasteiger partial charge in [0.2, 0.25) is 0 Å². The molecule has 0 spiro atoms. The number of halogens is 3. The molecule has 27 heavy (non-hydrogen) atoms. The Morgan fingerprint density at radius 3 is 2.04 bits per heavy atom. The smallest absolute Gasteiger partial charge is 0.395 e. The first-order valence-corrected chi connectivity index (χ1v) is 9.91. The predicted molar refractivity (Wildman–Crippen MR) is 97.6 cm³/mol. The van der Waals surface area contributed by atoms with Crippen molar-refractivity contribution in [3.63, 3.8) is 0 Å². The first-order chi connectivity index (χ1) is 12.8. The molecule has 0 saturated heterocycles. The molecule has 1 aromatic carbocycles. The van der Waals surface area contributed by atoms with Gasteiger partial charge in [0.25, 0.3) is 5.91 Å². The number of nitrogens with zero attached hydrogens (tertiary/aromatic N) is 1. The van der Waals surface area contributed by atoms with E-state index in [4.69, 9.17) is 5.11 Å². The minimum atomic E-state index is -4.28. The minimum absolute atomic E-state index is 0.0608. The molecule has 0 heterocycles. The normalized spacial score (nSPS) is 24.5. The second-order valence-electron chi connectivity index (χ2n) is 8.02. The van der Waals surface area contributed by atoms with Crippen LogP contribution in [-0.2, 0) is 0 Å². The van der Waals surface area contributed by atoms with Crippen molar-refractivity contribution in [1.82, 2.24) is 4.90 Å². The van der Waals surface area contributed by atoms with E-state index in [0.717, 1.165) is 51.9 Å². The largest absolute Gasteiger partial charge is 0.396 e. The van der Waals surface area contributed by atoms with Crippen molar-refractivity contribution in [2.45, 2.75) is 76.0 Å². The first-order valence-electron chi connectivity index (χ1n) is 9.91. The van der Waals surface area contributed by atoms with Gasteiger partial charge in [-0.15, -0.1) is 0 Å². The van der Waals surface area contributed by atoms with Crippen molar-refractivity contribution < 1.29 is 23.1 Å². The lowest BCUT2D eigenvalue weighted by molar-refractivity contribution is -0.146. The summed E-state index contributed by atoms with van der Waals surface area (Å²) in [7, 11) is 0. The molecule has 6 heteroatoms. The fourth-order valence-electron chi connectivity index (χ4n) is 4.13. The van der Waals surface area contributed by atoms with Gasteiger partial charge in [0.1, 0.15) is 0 Å². The van der Waals surface area contributed by atoms with E-state index in [-0.39, 0.29) is 30.2 Å². The van der Waals surface area contributed by atoms with Gasteiger partial charge in [-0.1, -0.05) is 12.1 Å². The monoisotopic (exact) mass is 383 g/mol. The highest BCUT2D eigenvalue weighted by atomic mass is 19.4. The summed E-state index contributed by atoms with van der Waals surface area (Å²) in [4.78, 5) is 15.1. The molecule has 2 saturated carbocycles. The highest BCUT2D eigenvalue weighted by Crippen LogP contribution is 2.38. The number of alkyl halides is 3. The van der Waals surface area contributed by atoms with E-state index in [9.17, 15) is 18.0 Å². The molecule has 1 aromatic rings. The van der Waals surface area contributed by atoms with Crippen LogP contribution in [0.3, 0.4) is 0 Å². The molecule has 2 aliphatic rings. The van der Waals surface area contributed by atoms with Gasteiger partial charge < -0.3 is 10.0 Å². The van der Waals surface area contributed by atoms with Crippen LogP contribution in [0.2, 0.25) is 0 Å². The third-order valence-electron chi connectivity index (χ3n) is 6.07. The summed E-state index contributed by atoms with van der Waals surface area (Å²) < 4.78 is 38.6. The number of amides is 1. The average Bonchev–Trinajstić information content (AvgIpc) is 3.47. The Morgan fingerprint density at radius 2 is 1.59 bits per heavy atom. The molecule has 0 radical (unpaired) electrons. The van der Waals surface area contributed by atoms with Gasteiger partial charge in [0, 0.05) is 24.3 Å². The van der Waals surface area contributed by atoms with Gasteiger partial charge in [-0.05, 0) is 75.5 Å². The van der Waals surface area contributed by atoms with Gasteiger partial charge in [-0.25, -0.2) is 0 Å². The number of rotatable bonds is 6. The second kappa shape index (κ2) is 8.21. The molecule has 3 nitrogen and oxygen atoms in total. The van der Waals surface area contributed by atoms with Crippen LogP contribution in [0, 0.1) is 5.92 Å². The van der Waals surface area contributed by atoms with Crippen LogP contribution < -0.4 is 0 Å². The Morgan fingerprint density at radius 1 is 1.07 bits per heavy atom. The summed E-state index contributed by atoms with van der Waals surface area (Å²) in [6, 6.07) is 6.39. The van der Waals surface area contributed by atoms with Gasteiger partial charge in [0.15, 0.2) is 0 Å². The molecular formula is C21H28F3NO2. The van der Waals surface area contributed by atoms with Crippen LogP contribution in [0.4, 0.5) is 13.2 Å². The molecule has 1 N–H and O–H groups in total. The van der Waals surface area contributed by atoms with Crippen molar-refractivity contribution in [1.29, 1.82) is 0 Å². The van der Waals surface area contributed by atoms with E-state index in [0.29, 0.717) is 11.5 Å². The molecule has 1 amide bonds. The van der Waals surface area contributed by atoms with Crippen molar-refractivity contribution in [2.24, 2.45) is 5.92 Å². The number of aliphatic hydroxyl groups is 1. The summed E-state index contributed by atoms with van der Waals surface area (Å²) in [6.45, 7) is 1.35. The zero-order chi connectivity index (χ0) is 19.6. The van der Waals surface area contributed by atoms with E-state index < -0.39 is 12.1 Å². The summed E-state index contributed by atoms with van der Waals surface area (Å²) in [6.07, 6.45) is 2.47. The van der Waals surface area contributed by atoms with Crippen molar-refractivity contribution in [3.8, 4) is 0 Å². The molecule has 150 valence electrons. The number of carbonyl (C=O) groups is 1. The third-order valence-corrected chi connectivity index (χ3v) is 6.07. The van der Waals surface area contributed by atoms with E-state index in [1.807, 2.05) is 4.90 Å². The molecule has 1 unspecified atom stereocenters.